The smallest absolute Gasteiger partial charge is 0.232 e. The molecule has 0 spiro atoms. The molecule has 3 rings (SSSR count). The predicted molar refractivity (Wildman–Crippen MR) is 92.8 cm³/mol. The summed E-state index contributed by atoms with van der Waals surface area (Å²) in [5, 5.41) is 9.57. The van der Waals surface area contributed by atoms with Crippen molar-refractivity contribution in [3.63, 3.8) is 0 Å². The number of rotatable bonds is 4. The fraction of sp³-hybridized carbons (Fsp3) is 0.0556. The van der Waals surface area contributed by atoms with Crippen molar-refractivity contribution in [1.29, 1.82) is 5.26 Å². The monoisotopic (exact) mass is 338 g/mol. The van der Waals surface area contributed by atoms with Crippen LogP contribution >= 0.6 is 0 Å². The Morgan fingerprint density at radius 2 is 1.50 bits per heavy atom. The topological polar surface area (TPSA) is 83.1 Å². The van der Waals surface area contributed by atoms with Crippen molar-refractivity contribution in [2.75, 3.05) is 11.0 Å². The van der Waals surface area contributed by atoms with E-state index in [9.17, 15) is 13.7 Å². The van der Waals surface area contributed by atoms with Gasteiger partial charge >= 0.3 is 0 Å². The molecule has 0 aliphatic rings. The molecule has 3 aromatic rings. The molecule has 0 aliphatic heterocycles. The zero-order valence-corrected chi connectivity index (χ0v) is 13.7. The van der Waals surface area contributed by atoms with Crippen LogP contribution in [-0.2, 0) is 10.0 Å². The standard InChI is InChI=1S/C18H14N2O3S/c1-24(21,22)20-18-15(12-19)16(13-8-4-2-5-9-13)17(23-18)14-10-6-3-7-11-14/h2-11,20H,1H3. The average Bonchev–Trinajstić information content (AvgIpc) is 2.92. The average molecular weight is 338 g/mol. The van der Waals surface area contributed by atoms with E-state index in [1.54, 1.807) is 0 Å². The minimum Gasteiger partial charge on any atom is -0.438 e. The molecule has 24 heavy (non-hydrogen) atoms. The number of nitriles is 1. The lowest BCUT2D eigenvalue weighted by Crippen LogP contribution is -2.09. The lowest BCUT2D eigenvalue weighted by Gasteiger charge is -2.03. The van der Waals surface area contributed by atoms with Gasteiger partial charge in [0.25, 0.3) is 0 Å². The van der Waals surface area contributed by atoms with E-state index in [0.717, 1.165) is 17.4 Å². The first-order valence-electron chi connectivity index (χ1n) is 7.15. The first kappa shape index (κ1) is 15.8. The van der Waals surface area contributed by atoms with Crippen LogP contribution in [0.3, 0.4) is 0 Å². The zero-order chi connectivity index (χ0) is 17.2. The van der Waals surface area contributed by atoms with Crippen LogP contribution in [0.4, 0.5) is 5.88 Å². The molecule has 6 heteroatoms. The maximum Gasteiger partial charge on any atom is 0.232 e. The van der Waals surface area contributed by atoms with Crippen LogP contribution in [0.15, 0.2) is 65.1 Å². The van der Waals surface area contributed by atoms with E-state index < -0.39 is 10.0 Å². The highest BCUT2D eigenvalue weighted by Crippen LogP contribution is 2.41. The highest BCUT2D eigenvalue weighted by molar-refractivity contribution is 7.92. The second kappa shape index (κ2) is 6.22. The Labute approximate surface area is 140 Å². The Morgan fingerprint density at radius 1 is 0.958 bits per heavy atom. The largest absolute Gasteiger partial charge is 0.438 e. The van der Waals surface area contributed by atoms with Crippen molar-refractivity contribution in [2.45, 2.75) is 0 Å². The molecule has 1 N–H and O–H groups in total. The molecule has 120 valence electrons. The van der Waals surface area contributed by atoms with Crippen LogP contribution in [0.2, 0.25) is 0 Å². The summed E-state index contributed by atoms with van der Waals surface area (Å²) in [5.74, 6) is 0.377. The van der Waals surface area contributed by atoms with Gasteiger partial charge < -0.3 is 4.42 Å². The summed E-state index contributed by atoms with van der Waals surface area (Å²) in [7, 11) is -3.57. The maximum atomic E-state index is 11.6. The summed E-state index contributed by atoms with van der Waals surface area (Å²) >= 11 is 0. The molecular weight excluding hydrogens is 324 g/mol. The molecule has 0 saturated carbocycles. The van der Waals surface area contributed by atoms with Gasteiger partial charge in [-0.1, -0.05) is 60.7 Å². The summed E-state index contributed by atoms with van der Waals surface area (Å²) in [6, 6.07) is 20.6. The van der Waals surface area contributed by atoms with E-state index in [1.165, 1.54) is 0 Å². The molecule has 0 atom stereocenters. The second-order valence-corrected chi connectivity index (χ2v) is 6.98. The maximum absolute atomic E-state index is 11.6. The van der Waals surface area contributed by atoms with Crippen molar-refractivity contribution in [1.82, 2.24) is 0 Å². The summed E-state index contributed by atoms with van der Waals surface area (Å²) in [5.41, 5.74) is 2.26. The van der Waals surface area contributed by atoms with E-state index in [0.29, 0.717) is 11.3 Å². The molecule has 0 fully saturated rings. The van der Waals surface area contributed by atoms with Gasteiger partial charge in [0.2, 0.25) is 15.9 Å². The number of furan rings is 1. The summed E-state index contributed by atoms with van der Waals surface area (Å²) < 4.78 is 31.2. The normalized spacial score (nSPS) is 11.0. The number of nitrogens with one attached hydrogen (secondary N) is 1. The van der Waals surface area contributed by atoms with Crippen molar-refractivity contribution in [3.8, 4) is 28.5 Å². The van der Waals surface area contributed by atoms with E-state index in [-0.39, 0.29) is 11.4 Å². The Kier molecular flexibility index (Phi) is 4.11. The van der Waals surface area contributed by atoms with Gasteiger partial charge in [0, 0.05) is 11.1 Å². The molecule has 0 amide bonds. The molecule has 1 heterocycles. The molecule has 5 nitrogen and oxygen atoms in total. The van der Waals surface area contributed by atoms with Crippen LogP contribution in [-0.4, -0.2) is 14.7 Å². The van der Waals surface area contributed by atoms with Crippen LogP contribution in [0.1, 0.15) is 5.56 Å². The van der Waals surface area contributed by atoms with Crippen molar-refractivity contribution < 1.29 is 12.8 Å². The van der Waals surface area contributed by atoms with Gasteiger partial charge in [-0.3, -0.25) is 4.72 Å². The van der Waals surface area contributed by atoms with Gasteiger partial charge in [-0.25, -0.2) is 8.42 Å². The number of nitrogens with zero attached hydrogens (tertiary/aromatic N) is 1. The second-order valence-electron chi connectivity index (χ2n) is 5.23. The van der Waals surface area contributed by atoms with Crippen LogP contribution in [0, 0.1) is 11.3 Å². The zero-order valence-electron chi connectivity index (χ0n) is 12.9. The number of sulfonamides is 1. The third-order valence-corrected chi connectivity index (χ3v) is 3.95. The van der Waals surface area contributed by atoms with Crippen molar-refractivity contribution >= 4 is 15.9 Å². The molecule has 0 bridgehead atoms. The van der Waals surface area contributed by atoms with Gasteiger partial charge in [-0.05, 0) is 5.56 Å². The Morgan fingerprint density at radius 3 is 2.00 bits per heavy atom. The number of hydrogen-bond donors (Lipinski definition) is 1. The van der Waals surface area contributed by atoms with E-state index >= 15 is 0 Å². The van der Waals surface area contributed by atoms with Gasteiger partial charge in [-0.2, -0.15) is 5.26 Å². The lowest BCUT2D eigenvalue weighted by molar-refractivity contribution is 0.588. The Bertz CT molecular complexity index is 1000. The molecule has 0 saturated heterocycles. The number of benzene rings is 2. The van der Waals surface area contributed by atoms with E-state index in [2.05, 4.69) is 10.8 Å². The highest BCUT2D eigenvalue weighted by atomic mass is 32.2. The van der Waals surface area contributed by atoms with Gasteiger partial charge in [0.15, 0.2) is 0 Å². The lowest BCUT2D eigenvalue weighted by atomic mass is 9.98. The minimum absolute atomic E-state index is 0.0716. The molecule has 1 aromatic heterocycles. The number of anilines is 1. The Hall–Kier alpha value is -3.04. The first-order valence-corrected chi connectivity index (χ1v) is 9.04. The molecule has 2 aromatic carbocycles. The summed E-state index contributed by atoms with van der Waals surface area (Å²) in [4.78, 5) is 0. The fourth-order valence-corrected chi connectivity index (χ4v) is 2.93. The van der Waals surface area contributed by atoms with Crippen molar-refractivity contribution in [2.24, 2.45) is 0 Å². The SMILES string of the molecule is CS(=O)(=O)Nc1oc(-c2ccccc2)c(-c2ccccc2)c1C#N. The van der Waals surface area contributed by atoms with Crippen LogP contribution in [0.5, 0.6) is 0 Å². The first-order chi connectivity index (χ1) is 11.5. The van der Waals surface area contributed by atoms with Crippen LogP contribution < -0.4 is 4.72 Å². The quantitative estimate of drug-likeness (QED) is 0.783. The Balaban J connectivity index is 2.30. The summed E-state index contributed by atoms with van der Waals surface area (Å²) in [6.45, 7) is 0. The number of hydrogen-bond acceptors (Lipinski definition) is 4. The van der Waals surface area contributed by atoms with E-state index in [4.69, 9.17) is 4.42 Å². The predicted octanol–water partition coefficient (Wildman–Crippen LogP) is 3.86. The van der Waals surface area contributed by atoms with Gasteiger partial charge in [0.05, 0.1) is 6.26 Å². The molecule has 0 radical (unpaired) electrons. The van der Waals surface area contributed by atoms with Gasteiger partial charge in [-0.15, -0.1) is 0 Å². The van der Waals surface area contributed by atoms with Crippen molar-refractivity contribution in [3.05, 3.63) is 66.2 Å². The molecule has 0 unspecified atom stereocenters. The van der Waals surface area contributed by atoms with Crippen LogP contribution in [0.25, 0.3) is 22.5 Å². The molecule has 0 aliphatic carbocycles. The summed E-state index contributed by atoms with van der Waals surface area (Å²) in [6.07, 6.45) is 1.01. The third kappa shape index (κ3) is 3.16. The van der Waals surface area contributed by atoms with E-state index in [1.807, 2.05) is 60.7 Å². The van der Waals surface area contributed by atoms with Gasteiger partial charge in [0.1, 0.15) is 17.4 Å². The molecular formula is C18H14N2O3S. The highest BCUT2D eigenvalue weighted by Gasteiger charge is 2.24. The minimum atomic E-state index is -3.57. The third-order valence-electron chi connectivity index (χ3n) is 3.40. The fourth-order valence-electron chi connectivity index (χ4n) is 2.45.